The van der Waals surface area contributed by atoms with E-state index in [0.717, 1.165) is 0 Å². The van der Waals surface area contributed by atoms with Gasteiger partial charge in [-0.15, -0.1) is 0 Å². The first-order valence-corrected chi connectivity index (χ1v) is 2.25. The van der Waals surface area contributed by atoms with Crippen LogP contribution >= 0.6 is 0 Å². The Hall–Kier alpha value is -1.31. The van der Waals surface area contributed by atoms with Crippen LogP contribution in [0.15, 0.2) is 24.2 Å². The molecule has 0 spiro atoms. The van der Waals surface area contributed by atoms with Crippen LogP contribution in [0.1, 0.15) is 15.8 Å². The number of benzene rings is 1. The highest BCUT2D eigenvalue weighted by atomic mass is 16.3. The van der Waals surface area contributed by atoms with Crippen molar-refractivity contribution in [2.75, 3.05) is 0 Å². The van der Waals surface area contributed by atoms with Crippen molar-refractivity contribution in [3.63, 3.8) is 0 Å². The molecule has 0 aromatic heterocycles. The number of aldehydes is 1. The van der Waals surface area contributed by atoms with Gasteiger partial charge in [-0.2, -0.15) is 0 Å². The Morgan fingerprint density at radius 1 is 1.56 bits per heavy atom. The van der Waals surface area contributed by atoms with Crippen molar-refractivity contribution >= 4 is 6.29 Å². The van der Waals surface area contributed by atoms with Gasteiger partial charge in [0.1, 0.15) is 5.75 Å². The SMILES string of the molecule is [2H]c1c([2H])c([2H])c(C=O)c(O)c1[2H]. The van der Waals surface area contributed by atoms with Crippen LogP contribution in [0, 0.1) is 0 Å². The van der Waals surface area contributed by atoms with Crippen LogP contribution in [0.2, 0.25) is 0 Å². The second-order valence-electron chi connectivity index (χ2n) is 1.38. The Kier molecular flexibility index (Phi) is 0.646. The van der Waals surface area contributed by atoms with Gasteiger partial charge >= 0.3 is 0 Å². The molecular weight excluding hydrogens is 116 g/mol. The molecule has 0 fully saturated rings. The van der Waals surface area contributed by atoms with Gasteiger partial charge in [0, 0.05) is 0 Å². The highest BCUT2D eigenvalue weighted by Crippen LogP contribution is 2.11. The first-order chi connectivity index (χ1) is 6.00. The van der Waals surface area contributed by atoms with Gasteiger partial charge < -0.3 is 5.11 Å². The minimum atomic E-state index is -0.707. The van der Waals surface area contributed by atoms with Crippen LogP contribution < -0.4 is 0 Å². The molecule has 0 aliphatic carbocycles. The van der Waals surface area contributed by atoms with Gasteiger partial charge in [0.25, 0.3) is 0 Å². The van der Waals surface area contributed by atoms with E-state index < -0.39 is 35.5 Å². The lowest BCUT2D eigenvalue weighted by Gasteiger charge is -1.91. The highest BCUT2D eigenvalue weighted by Gasteiger charge is 1.93. The molecule has 1 aromatic rings. The molecule has 2 heteroatoms. The van der Waals surface area contributed by atoms with Crippen molar-refractivity contribution in [2.45, 2.75) is 0 Å². The summed E-state index contributed by atoms with van der Waals surface area (Å²) in [7, 11) is 0. The molecule has 0 atom stereocenters. The van der Waals surface area contributed by atoms with Crippen LogP contribution in [0.3, 0.4) is 0 Å². The molecule has 0 saturated carbocycles. The maximum absolute atomic E-state index is 10.4. The number of rotatable bonds is 1. The molecule has 0 unspecified atom stereocenters. The molecule has 0 aliphatic rings. The fourth-order valence-electron chi connectivity index (χ4n) is 0.401. The van der Waals surface area contributed by atoms with Crippen molar-refractivity contribution in [3.8, 4) is 5.75 Å². The number of carbonyl (C=O) groups excluding carboxylic acids is 1. The topological polar surface area (TPSA) is 37.3 Å². The summed E-state index contributed by atoms with van der Waals surface area (Å²) in [6.07, 6.45) is 0.202. The summed E-state index contributed by atoms with van der Waals surface area (Å²) >= 11 is 0. The summed E-state index contributed by atoms with van der Waals surface area (Å²) in [4.78, 5) is 10.4. The summed E-state index contributed by atoms with van der Waals surface area (Å²) in [6.45, 7) is 0. The summed E-state index contributed by atoms with van der Waals surface area (Å²) < 4.78 is 28.6. The fourth-order valence-corrected chi connectivity index (χ4v) is 0.401. The second-order valence-corrected chi connectivity index (χ2v) is 1.38. The van der Waals surface area contributed by atoms with Crippen molar-refractivity contribution in [2.24, 2.45) is 0 Å². The number of hydrogen-bond donors (Lipinski definition) is 1. The van der Waals surface area contributed by atoms with Crippen molar-refractivity contribution in [3.05, 3.63) is 29.7 Å². The third-order valence-corrected chi connectivity index (χ3v) is 0.814. The van der Waals surface area contributed by atoms with Gasteiger partial charge in [-0.25, -0.2) is 0 Å². The number of aromatic hydroxyl groups is 1. The molecule has 1 N–H and O–H groups in total. The van der Waals surface area contributed by atoms with E-state index in [9.17, 15) is 4.79 Å². The Morgan fingerprint density at radius 2 is 2.22 bits per heavy atom. The fraction of sp³-hybridized carbons (Fsp3) is 0. The minimum Gasteiger partial charge on any atom is -0.507 e. The van der Waals surface area contributed by atoms with E-state index in [-0.39, 0.29) is 6.29 Å². The summed E-state index contributed by atoms with van der Waals surface area (Å²) in [5, 5.41) is 9.14. The van der Waals surface area contributed by atoms with E-state index in [1.54, 1.807) is 0 Å². The summed E-state index contributed by atoms with van der Waals surface area (Å²) in [5.74, 6) is -0.707. The normalized spacial score (nSPS) is 15.1. The predicted octanol–water partition coefficient (Wildman–Crippen LogP) is 1.20. The molecule has 0 saturated heterocycles. The lowest BCUT2D eigenvalue weighted by molar-refractivity contribution is 0.112. The number of phenolic OH excluding ortho intramolecular Hbond substituents is 1. The molecular formula is C7H6O2. The third kappa shape index (κ3) is 1.08. The third-order valence-electron chi connectivity index (χ3n) is 0.814. The molecule has 1 aromatic carbocycles. The Labute approximate surface area is 58.4 Å². The Bertz CT molecular complexity index is 346. The van der Waals surface area contributed by atoms with Crippen LogP contribution in [-0.4, -0.2) is 11.4 Å². The van der Waals surface area contributed by atoms with E-state index in [1.165, 1.54) is 0 Å². The van der Waals surface area contributed by atoms with Crippen LogP contribution in [0.5, 0.6) is 5.75 Å². The molecule has 0 aliphatic heterocycles. The van der Waals surface area contributed by atoms with Crippen molar-refractivity contribution in [1.29, 1.82) is 0 Å². The van der Waals surface area contributed by atoms with E-state index in [4.69, 9.17) is 10.6 Å². The standard InChI is InChI=1S/C7H6O2/c8-5-6-3-1-2-4-7(6)9/h1-5,9H/i1D,2D,3D,4D. The number of para-hydroxylation sites is 1. The van der Waals surface area contributed by atoms with Crippen LogP contribution in [-0.2, 0) is 0 Å². The minimum absolute atomic E-state index is 0.202. The predicted molar refractivity (Wildman–Crippen MR) is 33.5 cm³/mol. The van der Waals surface area contributed by atoms with E-state index in [1.807, 2.05) is 0 Å². The van der Waals surface area contributed by atoms with Crippen LogP contribution in [0.25, 0.3) is 0 Å². The Balaban J connectivity index is 3.66. The van der Waals surface area contributed by atoms with Gasteiger partial charge in [0.05, 0.1) is 11.0 Å². The lowest BCUT2D eigenvalue weighted by Crippen LogP contribution is -1.77. The molecule has 0 heterocycles. The van der Waals surface area contributed by atoms with Gasteiger partial charge in [-0.1, -0.05) is 12.1 Å². The van der Waals surface area contributed by atoms with Crippen LogP contribution in [0.4, 0.5) is 0 Å². The van der Waals surface area contributed by atoms with Gasteiger partial charge in [-0.05, 0) is 12.1 Å². The first-order valence-electron chi connectivity index (χ1n) is 4.25. The largest absolute Gasteiger partial charge is 0.507 e. The van der Waals surface area contributed by atoms with E-state index in [0.29, 0.717) is 0 Å². The quantitative estimate of drug-likeness (QED) is 0.574. The van der Waals surface area contributed by atoms with Crippen molar-refractivity contribution < 1.29 is 15.4 Å². The average Bonchev–Trinajstić information content (AvgIpc) is 2.13. The van der Waals surface area contributed by atoms with E-state index >= 15 is 0 Å². The summed E-state index contributed by atoms with van der Waals surface area (Å²) in [6, 6.07) is -2.19. The maximum atomic E-state index is 10.4. The van der Waals surface area contributed by atoms with Gasteiger partial charge in [0.2, 0.25) is 0 Å². The zero-order chi connectivity index (χ0) is 10.2. The van der Waals surface area contributed by atoms with E-state index in [2.05, 4.69) is 0 Å². The number of phenols is 1. The second kappa shape index (κ2) is 2.31. The Morgan fingerprint density at radius 3 is 2.89 bits per heavy atom. The average molecular weight is 126 g/mol. The van der Waals surface area contributed by atoms with Gasteiger partial charge in [-0.3, -0.25) is 4.79 Å². The summed E-state index contributed by atoms with van der Waals surface area (Å²) in [5.41, 5.74) is -0.411. The highest BCUT2D eigenvalue weighted by molar-refractivity contribution is 5.78. The molecule has 9 heavy (non-hydrogen) atoms. The molecule has 2 nitrogen and oxygen atoms in total. The molecule has 0 amide bonds. The lowest BCUT2D eigenvalue weighted by atomic mass is 10.2. The van der Waals surface area contributed by atoms with Crippen molar-refractivity contribution in [1.82, 2.24) is 0 Å². The molecule has 1 rings (SSSR count). The monoisotopic (exact) mass is 126 g/mol. The smallest absolute Gasteiger partial charge is 0.153 e. The molecule has 46 valence electrons. The van der Waals surface area contributed by atoms with Gasteiger partial charge in [0.15, 0.2) is 6.29 Å². The number of hydrogen-bond acceptors (Lipinski definition) is 2. The zero-order valence-electron chi connectivity index (χ0n) is 8.43. The molecule has 0 bridgehead atoms. The number of carbonyl (C=O) groups is 1. The zero-order valence-corrected chi connectivity index (χ0v) is 4.43. The molecule has 0 radical (unpaired) electrons. The first kappa shape index (κ1) is 2.52. The maximum Gasteiger partial charge on any atom is 0.153 e.